The van der Waals surface area contributed by atoms with Crippen LogP contribution >= 0.6 is 23.3 Å². The summed E-state index contributed by atoms with van der Waals surface area (Å²) < 4.78 is 15.0. The van der Waals surface area contributed by atoms with Crippen LogP contribution in [0.1, 0.15) is 5.82 Å². The second kappa shape index (κ2) is 7.58. The van der Waals surface area contributed by atoms with E-state index in [1.165, 1.54) is 11.5 Å². The van der Waals surface area contributed by atoms with Crippen LogP contribution in [0.15, 0.2) is 0 Å². The van der Waals surface area contributed by atoms with Gasteiger partial charge in [-0.2, -0.15) is 16.1 Å². The first-order chi connectivity index (χ1) is 10.8. The van der Waals surface area contributed by atoms with Crippen LogP contribution in [0.25, 0.3) is 0 Å². The molecule has 0 spiro atoms. The molecule has 0 radical (unpaired) electrons. The number of nitrogens with zero attached hydrogens (tertiary/aromatic N) is 4. The predicted molar refractivity (Wildman–Crippen MR) is 86.5 cm³/mol. The van der Waals surface area contributed by atoms with E-state index >= 15 is 0 Å². The maximum absolute atomic E-state index is 12.6. The first kappa shape index (κ1) is 16.0. The summed E-state index contributed by atoms with van der Waals surface area (Å²) in [5.74, 6) is 2.81. The van der Waals surface area contributed by atoms with E-state index < -0.39 is 6.10 Å². The predicted octanol–water partition coefficient (Wildman–Crippen LogP) is 0.465. The zero-order chi connectivity index (χ0) is 15.4. The number of methoxy groups -OCH3 is 1. The van der Waals surface area contributed by atoms with Gasteiger partial charge in [-0.15, -0.1) is 0 Å². The molecule has 2 aliphatic heterocycles. The zero-order valence-electron chi connectivity index (χ0n) is 12.6. The third kappa shape index (κ3) is 3.70. The lowest BCUT2D eigenvalue weighted by Gasteiger charge is -2.35. The summed E-state index contributed by atoms with van der Waals surface area (Å²) in [6.45, 7) is 3.87. The molecule has 3 heterocycles. The molecule has 1 aromatic heterocycles. The Morgan fingerprint density at radius 2 is 2.23 bits per heavy atom. The summed E-state index contributed by atoms with van der Waals surface area (Å²) >= 11 is 3.24. The van der Waals surface area contributed by atoms with Crippen molar-refractivity contribution in [3.05, 3.63) is 5.82 Å². The molecule has 0 N–H and O–H groups in total. The number of amides is 1. The fourth-order valence-corrected chi connectivity index (χ4v) is 4.13. The summed E-state index contributed by atoms with van der Waals surface area (Å²) in [5, 5.41) is 0.836. The molecule has 2 fully saturated rings. The van der Waals surface area contributed by atoms with Crippen molar-refractivity contribution in [3.63, 3.8) is 0 Å². The Labute approximate surface area is 138 Å². The van der Waals surface area contributed by atoms with Crippen LogP contribution in [-0.4, -0.2) is 77.7 Å². The molecule has 1 atom stereocenters. The molecule has 9 heteroatoms. The molecule has 7 nitrogen and oxygen atoms in total. The standard InChI is InChI=1S/C13H20N4O3S2/c1-19-9-11-14-13(22-15-11)17-2-5-20-10(8-17)12(18)16-3-6-21-7-4-16/h10H,2-9H2,1H3. The van der Waals surface area contributed by atoms with Gasteiger partial charge in [0.05, 0.1) is 13.2 Å². The van der Waals surface area contributed by atoms with Crippen LogP contribution in [0.2, 0.25) is 0 Å². The average molecular weight is 344 g/mol. The Morgan fingerprint density at radius 1 is 1.41 bits per heavy atom. The summed E-state index contributed by atoms with van der Waals surface area (Å²) in [6.07, 6.45) is -0.397. The highest BCUT2D eigenvalue weighted by Crippen LogP contribution is 2.21. The average Bonchev–Trinajstić information content (AvgIpc) is 3.04. The minimum absolute atomic E-state index is 0.103. The topological polar surface area (TPSA) is 67.8 Å². The van der Waals surface area contributed by atoms with E-state index in [9.17, 15) is 4.79 Å². The highest BCUT2D eigenvalue weighted by Gasteiger charge is 2.32. The van der Waals surface area contributed by atoms with E-state index in [1.807, 2.05) is 16.7 Å². The van der Waals surface area contributed by atoms with Gasteiger partial charge < -0.3 is 19.3 Å². The molecule has 1 aromatic rings. The van der Waals surface area contributed by atoms with Crippen molar-refractivity contribution in [1.82, 2.24) is 14.3 Å². The molecule has 0 saturated carbocycles. The van der Waals surface area contributed by atoms with E-state index in [4.69, 9.17) is 9.47 Å². The van der Waals surface area contributed by atoms with E-state index in [2.05, 4.69) is 14.3 Å². The number of rotatable bonds is 4. The number of ether oxygens (including phenoxy) is 2. The van der Waals surface area contributed by atoms with Gasteiger partial charge in [0.2, 0.25) is 5.13 Å². The molecular weight excluding hydrogens is 324 g/mol. The number of anilines is 1. The molecule has 1 amide bonds. The van der Waals surface area contributed by atoms with Crippen molar-refractivity contribution < 1.29 is 14.3 Å². The smallest absolute Gasteiger partial charge is 0.253 e. The Hall–Kier alpha value is -0.900. The minimum atomic E-state index is -0.397. The van der Waals surface area contributed by atoms with Crippen LogP contribution in [0, 0.1) is 0 Å². The van der Waals surface area contributed by atoms with Crippen LogP contribution in [-0.2, 0) is 20.9 Å². The van der Waals surface area contributed by atoms with Crippen molar-refractivity contribution in [2.45, 2.75) is 12.7 Å². The molecule has 22 heavy (non-hydrogen) atoms. The second-order valence-corrected chi connectivity index (χ2v) is 7.12. The first-order valence-electron chi connectivity index (χ1n) is 7.32. The van der Waals surface area contributed by atoms with Crippen molar-refractivity contribution >= 4 is 34.3 Å². The molecule has 2 saturated heterocycles. The first-order valence-corrected chi connectivity index (χ1v) is 9.25. The fraction of sp³-hybridized carbons (Fsp3) is 0.769. The van der Waals surface area contributed by atoms with Crippen LogP contribution in [0.3, 0.4) is 0 Å². The number of carbonyl (C=O) groups is 1. The number of thioether (sulfide) groups is 1. The normalized spacial score (nSPS) is 22.9. The Bertz CT molecular complexity index is 507. The van der Waals surface area contributed by atoms with Gasteiger partial charge in [0.1, 0.15) is 6.61 Å². The third-order valence-electron chi connectivity index (χ3n) is 3.67. The zero-order valence-corrected chi connectivity index (χ0v) is 14.2. The third-order valence-corrected chi connectivity index (χ3v) is 5.42. The lowest BCUT2D eigenvalue weighted by atomic mass is 10.2. The van der Waals surface area contributed by atoms with E-state index in [1.54, 1.807) is 7.11 Å². The van der Waals surface area contributed by atoms with Gasteiger partial charge in [-0.3, -0.25) is 4.79 Å². The molecule has 0 bridgehead atoms. The molecule has 2 aliphatic rings. The van der Waals surface area contributed by atoms with Crippen LogP contribution < -0.4 is 4.90 Å². The van der Waals surface area contributed by atoms with Crippen molar-refractivity contribution in [2.75, 3.05) is 56.3 Å². The number of hydrogen-bond acceptors (Lipinski definition) is 8. The van der Waals surface area contributed by atoms with E-state index in [0.717, 1.165) is 36.3 Å². The van der Waals surface area contributed by atoms with E-state index in [0.29, 0.717) is 25.6 Å². The van der Waals surface area contributed by atoms with Gasteiger partial charge in [-0.05, 0) is 0 Å². The number of morpholine rings is 1. The van der Waals surface area contributed by atoms with Gasteiger partial charge >= 0.3 is 0 Å². The SMILES string of the molecule is COCc1nsc(N2CCOC(C(=O)N3CCSCC3)C2)n1. The minimum Gasteiger partial charge on any atom is -0.377 e. The highest BCUT2D eigenvalue weighted by atomic mass is 32.2. The Morgan fingerprint density at radius 3 is 3.00 bits per heavy atom. The number of carbonyl (C=O) groups excluding carboxylic acids is 1. The molecule has 122 valence electrons. The maximum Gasteiger partial charge on any atom is 0.253 e. The van der Waals surface area contributed by atoms with Crippen molar-refractivity contribution in [1.29, 1.82) is 0 Å². The van der Waals surface area contributed by atoms with Gasteiger partial charge in [-0.25, -0.2) is 4.98 Å². The lowest BCUT2D eigenvalue weighted by molar-refractivity contribution is -0.144. The summed E-state index contributed by atoms with van der Waals surface area (Å²) in [6, 6.07) is 0. The molecule has 0 aromatic carbocycles. The Balaban J connectivity index is 1.61. The van der Waals surface area contributed by atoms with E-state index in [-0.39, 0.29) is 5.91 Å². The van der Waals surface area contributed by atoms with Gasteiger partial charge in [-0.1, -0.05) is 0 Å². The quantitative estimate of drug-likeness (QED) is 0.786. The van der Waals surface area contributed by atoms with Crippen LogP contribution in [0.5, 0.6) is 0 Å². The highest BCUT2D eigenvalue weighted by molar-refractivity contribution is 7.99. The number of hydrogen-bond donors (Lipinski definition) is 0. The summed E-state index contributed by atoms with van der Waals surface area (Å²) in [4.78, 5) is 21.0. The number of aromatic nitrogens is 2. The molecular formula is C13H20N4O3S2. The van der Waals surface area contributed by atoms with Crippen molar-refractivity contribution in [3.8, 4) is 0 Å². The monoisotopic (exact) mass is 344 g/mol. The largest absolute Gasteiger partial charge is 0.377 e. The van der Waals surface area contributed by atoms with Crippen molar-refractivity contribution in [2.24, 2.45) is 0 Å². The van der Waals surface area contributed by atoms with Crippen LogP contribution in [0.4, 0.5) is 5.13 Å². The second-order valence-electron chi connectivity index (χ2n) is 5.17. The summed E-state index contributed by atoms with van der Waals surface area (Å²) in [5.41, 5.74) is 0. The Kier molecular flexibility index (Phi) is 5.51. The van der Waals surface area contributed by atoms with Gasteiger partial charge in [0.15, 0.2) is 11.9 Å². The molecule has 3 rings (SSSR count). The molecule has 0 aliphatic carbocycles. The fourth-order valence-electron chi connectivity index (χ4n) is 2.52. The maximum atomic E-state index is 12.6. The van der Waals surface area contributed by atoms with Gasteiger partial charge in [0, 0.05) is 49.8 Å². The lowest BCUT2D eigenvalue weighted by Crippen LogP contribution is -2.52. The molecule has 1 unspecified atom stereocenters. The summed E-state index contributed by atoms with van der Waals surface area (Å²) in [7, 11) is 1.63. The van der Waals surface area contributed by atoms with Gasteiger partial charge in [0.25, 0.3) is 5.91 Å².